The summed E-state index contributed by atoms with van der Waals surface area (Å²) < 4.78 is 5.28. The largest absolute Gasteiger partial charge is 0.466 e. The van der Waals surface area contributed by atoms with Gasteiger partial charge in [-0.05, 0) is 32.0 Å². The predicted octanol–water partition coefficient (Wildman–Crippen LogP) is 0.795. The maximum Gasteiger partial charge on any atom is 0.272 e. The van der Waals surface area contributed by atoms with Gasteiger partial charge in [0, 0.05) is 0 Å². The third kappa shape index (κ3) is 3.27. The Labute approximate surface area is 146 Å². The molecule has 9 nitrogen and oxygen atoms in total. The van der Waals surface area contributed by atoms with E-state index in [4.69, 9.17) is 4.42 Å². The Bertz CT molecular complexity index is 1120. The number of aromatic amines is 2. The maximum absolute atomic E-state index is 12.1. The highest BCUT2D eigenvalue weighted by Gasteiger charge is 2.15. The first-order valence-electron chi connectivity index (χ1n) is 7.75. The maximum atomic E-state index is 12.1. The van der Waals surface area contributed by atoms with E-state index in [0.717, 1.165) is 0 Å². The molecular weight excluding hydrogens is 340 g/mol. The van der Waals surface area contributed by atoms with Crippen molar-refractivity contribution in [3.05, 3.63) is 62.1 Å². The molecule has 0 bridgehead atoms. The Morgan fingerprint density at radius 2 is 1.85 bits per heavy atom. The van der Waals surface area contributed by atoms with Gasteiger partial charge in [0.25, 0.3) is 17.0 Å². The number of amides is 2. The molecule has 2 heterocycles. The lowest BCUT2D eigenvalue weighted by Gasteiger charge is -2.08. The molecule has 0 aliphatic heterocycles. The summed E-state index contributed by atoms with van der Waals surface area (Å²) in [6.07, 6.45) is 0. The first-order valence-corrected chi connectivity index (χ1v) is 7.75. The highest BCUT2D eigenvalue weighted by molar-refractivity contribution is 6.04. The molecule has 9 heteroatoms. The van der Waals surface area contributed by atoms with Crippen molar-refractivity contribution in [1.82, 2.24) is 15.5 Å². The van der Waals surface area contributed by atoms with Gasteiger partial charge in [-0.25, -0.2) is 0 Å². The van der Waals surface area contributed by atoms with Crippen LogP contribution in [0.3, 0.4) is 0 Å². The number of H-pyrrole nitrogens is 2. The topological polar surface area (TPSA) is 137 Å². The molecule has 0 atom stereocenters. The van der Waals surface area contributed by atoms with Crippen LogP contribution in [-0.4, -0.2) is 28.6 Å². The van der Waals surface area contributed by atoms with Crippen LogP contribution in [-0.2, 0) is 4.79 Å². The number of carbonyl (C=O) groups excluding carboxylic acids is 2. The molecule has 0 aliphatic rings. The predicted molar refractivity (Wildman–Crippen MR) is 94.3 cm³/mol. The highest BCUT2D eigenvalue weighted by atomic mass is 16.3. The van der Waals surface area contributed by atoms with Crippen molar-refractivity contribution in [3.8, 4) is 0 Å². The number of hydrogen-bond acceptors (Lipinski definition) is 5. The molecule has 0 saturated heterocycles. The van der Waals surface area contributed by atoms with Crippen molar-refractivity contribution >= 4 is 28.3 Å². The lowest BCUT2D eigenvalue weighted by atomic mass is 10.1. The van der Waals surface area contributed by atoms with Crippen LogP contribution in [0, 0.1) is 13.8 Å². The molecule has 0 aliphatic carbocycles. The second kappa shape index (κ2) is 6.71. The van der Waals surface area contributed by atoms with Crippen LogP contribution in [0.2, 0.25) is 0 Å². The second-order valence-electron chi connectivity index (χ2n) is 5.69. The van der Waals surface area contributed by atoms with Gasteiger partial charge in [0.2, 0.25) is 5.91 Å². The fourth-order valence-corrected chi connectivity index (χ4v) is 2.64. The number of furan rings is 1. The molecular formula is C17H16N4O5. The SMILES string of the molecule is Cc1cc(C(=O)NCC(=O)Nc2cccc3c(=O)[nH][nH]c(=O)c23)c(C)o1. The van der Waals surface area contributed by atoms with Gasteiger partial charge in [0.15, 0.2) is 0 Å². The van der Waals surface area contributed by atoms with Crippen LogP contribution in [0.15, 0.2) is 38.3 Å². The molecule has 3 aromatic rings. The van der Waals surface area contributed by atoms with Crippen molar-refractivity contribution in [2.75, 3.05) is 11.9 Å². The average Bonchev–Trinajstić information content (AvgIpc) is 2.94. The number of nitrogens with one attached hydrogen (secondary N) is 4. The van der Waals surface area contributed by atoms with Gasteiger partial charge < -0.3 is 15.1 Å². The van der Waals surface area contributed by atoms with Crippen LogP contribution in [0.25, 0.3) is 10.8 Å². The number of carbonyl (C=O) groups is 2. The molecule has 26 heavy (non-hydrogen) atoms. The fraction of sp³-hybridized carbons (Fsp3) is 0.176. The molecule has 0 fully saturated rings. The van der Waals surface area contributed by atoms with Crippen molar-refractivity contribution < 1.29 is 14.0 Å². The number of aromatic nitrogens is 2. The number of rotatable bonds is 4. The van der Waals surface area contributed by atoms with Gasteiger partial charge in [0.1, 0.15) is 11.5 Å². The molecule has 0 saturated carbocycles. The van der Waals surface area contributed by atoms with Crippen LogP contribution in [0.5, 0.6) is 0 Å². The van der Waals surface area contributed by atoms with Crippen LogP contribution in [0.4, 0.5) is 5.69 Å². The Morgan fingerprint density at radius 3 is 2.54 bits per heavy atom. The Balaban J connectivity index is 1.75. The minimum atomic E-state index is -0.539. The summed E-state index contributed by atoms with van der Waals surface area (Å²) in [5.74, 6) is 0.0719. The summed E-state index contributed by atoms with van der Waals surface area (Å²) in [6, 6.07) is 6.10. The fourth-order valence-electron chi connectivity index (χ4n) is 2.64. The number of benzene rings is 1. The zero-order valence-corrected chi connectivity index (χ0v) is 14.1. The number of hydrogen-bond donors (Lipinski definition) is 4. The molecule has 0 radical (unpaired) electrons. The average molecular weight is 356 g/mol. The summed E-state index contributed by atoms with van der Waals surface area (Å²) in [6.45, 7) is 3.07. The highest BCUT2D eigenvalue weighted by Crippen LogP contribution is 2.16. The van der Waals surface area contributed by atoms with Gasteiger partial charge in [0.05, 0.1) is 28.6 Å². The van der Waals surface area contributed by atoms with Gasteiger partial charge in [-0.2, -0.15) is 0 Å². The van der Waals surface area contributed by atoms with E-state index < -0.39 is 22.9 Å². The van der Waals surface area contributed by atoms with E-state index in [1.54, 1.807) is 26.0 Å². The van der Waals surface area contributed by atoms with E-state index in [0.29, 0.717) is 17.1 Å². The van der Waals surface area contributed by atoms with Crippen molar-refractivity contribution in [1.29, 1.82) is 0 Å². The third-order valence-corrected chi connectivity index (χ3v) is 3.79. The monoisotopic (exact) mass is 356 g/mol. The molecule has 134 valence electrons. The first kappa shape index (κ1) is 17.2. The van der Waals surface area contributed by atoms with E-state index in [-0.39, 0.29) is 23.0 Å². The molecule has 0 spiro atoms. The van der Waals surface area contributed by atoms with Gasteiger partial charge in [-0.15, -0.1) is 0 Å². The first-order chi connectivity index (χ1) is 12.4. The van der Waals surface area contributed by atoms with E-state index in [9.17, 15) is 19.2 Å². The lowest BCUT2D eigenvalue weighted by molar-refractivity contribution is -0.115. The minimum absolute atomic E-state index is 0.0669. The Kier molecular flexibility index (Phi) is 4.44. The van der Waals surface area contributed by atoms with Crippen LogP contribution >= 0.6 is 0 Å². The minimum Gasteiger partial charge on any atom is -0.466 e. The summed E-state index contributed by atoms with van der Waals surface area (Å²) in [4.78, 5) is 48.0. The van der Waals surface area contributed by atoms with Gasteiger partial charge >= 0.3 is 0 Å². The Morgan fingerprint density at radius 1 is 1.12 bits per heavy atom. The second-order valence-corrected chi connectivity index (χ2v) is 5.69. The summed E-state index contributed by atoms with van der Waals surface area (Å²) in [7, 11) is 0. The van der Waals surface area contributed by atoms with Gasteiger partial charge in [-0.1, -0.05) is 6.07 Å². The zero-order chi connectivity index (χ0) is 18.8. The van der Waals surface area contributed by atoms with Crippen molar-refractivity contribution in [2.45, 2.75) is 13.8 Å². The third-order valence-electron chi connectivity index (χ3n) is 3.79. The summed E-state index contributed by atoms with van der Waals surface area (Å²) in [5, 5.41) is 9.66. The van der Waals surface area contributed by atoms with Crippen LogP contribution in [0.1, 0.15) is 21.9 Å². The standard InChI is InChI=1S/C17H16N4O5/c1-8-6-11(9(2)26-8)15(23)18-7-13(22)19-12-5-3-4-10-14(12)17(25)21-20-16(10)24/h3-6H,7H2,1-2H3,(H,18,23)(H,19,22)(H,20,24)(H,21,25). The number of anilines is 1. The molecule has 2 amide bonds. The lowest BCUT2D eigenvalue weighted by Crippen LogP contribution is -2.33. The van der Waals surface area contributed by atoms with E-state index >= 15 is 0 Å². The number of fused-ring (bicyclic) bond motifs is 1. The zero-order valence-electron chi connectivity index (χ0n) is 14.1. The van der Waals surface area contributed by atoms with Crippen molar-refractivity contribution in [3.63, 3.8) is 0 Å². The Hall–Kier alpha value is -3.62. The quantitative estimate of drug-likeness (QED) is 0.548. The summed E-state index contributed by atoms with van der Waals surface area (Å²) >= 11 is 0. The molecule has 3 rings (SSSR count). The van der Waals surface area contributed by atoms with Crippen molar-refractivity contribution in [2.24, 2.45) is 0 Å². The molecule has 1 aromatic carbocycles. The van der Waals surface area contributed by atoms with E-state index in [1.165, 1.54) is 12.1 Å². The number of aryl methyl sites for hydroxylation is 2. The molecule has 4 N–H and O–H groups in total. The molecule has 2 aromatic heterocycles. The normalized spacial score (nSPS) is 10.7. The van der Waals surface area contributed by atoms with E-state index in [1.807, 2.05) is 0 Å². The molecule has 0 unspecified atom stereocenters. The van der Waals surface area contributed by atoms with E-state index in [2.05, 4.69) is 20.8 Å². The van der Waals surface area contributed by atoms with Gasteiger partial charge in [-0.3, -0.25) is 29.4 Å². The van der Waals surface area contributed by atoms with Crippen LogP contribution < -0.4 is 21.8 Å². The smallest absolute Gasteiger partial charge is 0.272 e. The summed E-state index contributed by atoms with van der Waals surface area (Å²) in [5.41, 5.74) is -0.480.